The summed E-state index contributed by atoms with van der Waals surface area (Å²) in [6.07, 6.45) is 1.76. The van der Waals surface area contributed by atoms with Gasteiger partial charge in [-0.15, -0.1) is 0 Å². The fourth-order valence-electron chi connectivity index (χ4n) is 2.44. The van der Waals surface area contributed by atoms with Gasteiger partial charge in [-0.1, -0.05) is 15.9 Å². The molecule has 0 spiro atoms. The number of carbonyl (C=O) groups excluding carboxylic acids is 1. The quantitative estimate of drug-likeness (QED) is 0.895. The molecule has 1 aliphatic heterocycles. The Morgan fingerprint density at radius 2 is 2.11 bits per heavy atom. The lowest BCUT2D eigenvalue weighted by Crippen LogP contribution is -2.59. The number of likely N-dealkylation sites (tertiary alicyclic amines) is 1. The lowest BCUT2D eigenvalue weighted by atomic mass is 9.88. The van der Waals surface area contributed by atoms with E-state index in [9.17, 15) is 4.79 Å². The first-order valence-electron chi connectivity index (χ1n) is 6.04. The third-order valence-electron chi connectivity index (χ3n) is 3.38. The number of amides is 1. The zero-order chi connectivity index (χ0) is 13.2. The molecule has 5 heteroatoms. The second-order valence-electron chi connectivity index (χ2n) is 4.92. The molecule has 1 atom stereocenters. The van der Waals surface area contributed by atoms with Crippen molar-refractivity contribution in [2.24, 2.45) is 5.73 Å². The van der Waals surface area contributed by atoms with Crippen LogP contribution < -0.4 is 11.1 Å². The van der Waals surface area contributed by atoms with E-state index in [1.54, 1.807) is 0 Å². The van der Waals surface area contributed by atoms with Gasteiger partial charge in [0.15, 0.2) is 0 Å². The fraction of sp³-hybridized carbons (Fsp3) is 0.462. The van der Waals surface area contributed by atoms with Crippen molar-refractivity contribution >= 4 is 27.5 Å². The van der Waals surface area contributed by atoms with E-state index in [4.69, 9.17) is 5.73 Å². The second kappa shape index (κ2) is 5.28. The summed E-state index contributed by atoms with van der Waals surface area (Å²) in [4.78, 5) is 14.0. The monoisotopic (exact) mass is 311 g/mol. The largest absolute Gasteiger partial charge is 0.370 e. The van der Waals surface area contributed by atoms with Gasteiger partial charge in [-0.25, -0.2) is 0 Å². The van der Waals surface area contributed by atoms with E-state index in [1.165, 1.54) is 0 Å². The van der Waals surface area contributed by atoms with Crippen LogP contribution in [0.2, 0.25) is 0 Å². The van der Waals surface area contributed by atoms with Gasteiger partial charge >= 0.3 is 0 Å². The van der Waals surface area contributed by atoms with Gasteiger partial charge in [0.1, 0.15) is 5.54 Å². The molecule has 1 saturated heterocycles. The van der Waals surface area contributed by atoms with Crippen molar-refractivity contribution in [1.29, 1.82) is 0 Å². The number of benzene rings is 1. The molecule has 1 amide bonds. The van der Waals surface area contributed by atoms with E-state index in [0.29, 0.717) is 6.54 Å². The number of piperidine rings is 1. The van der Waals surface area contributed by atoms with Crippen LogP contribution in [-0.4, -0.2) is 36.5 Å². The topological polar surface area (TPSA) is 58.4 Å². The van der Waals surface area contributed by atoms with Crippen LogP contribution in [0, 0.1) is 0 Å². The zero-order valence-corrected chi connectivity index (χ0v) is 12.0. The van der Waals surface area contributed by atoms with Crippen LogP contribution in [0.3, 0.4) is 0 Å². The highest BCUT2D eigenvalue weighted by Crippen LogP contribution is 2.26. The Hall–Kier alpha value is -1.07. The molecule has 1 aliphatic rings. The molecular formula is C13H18BrN3O. The molecule has 3 N–H and O–H groups in total. The van der Waals surface area contributed by atoms with Gasteiger partial charge in [0, 0.05) is 16.7 Å². The van der Waals surface area contributed by atoms with E-state index in [0.717, 1.165) is 29.5 Å². The lowest BCUT2D eigenvalue weighted by Gasteiger charge is -2.40. The molecule has 0 radical (unpaired) electrons. The average molecular weight is 312 g/mol. The zero-order valence-electron chi connectivity index (χ0n) is 10.4. The predicted octanol–water partition coefficient (Wildman–Crippen LogP) is 1.81. The van der Waals surface area contributed by atoms with Crippen LogP contribution in [0.25, 0.3) is 0 Å². The van der Waals surface area contributed by atoms with E-state index >= 15 is 0 Å². The number of primary amides is 1. The number of anilines is 1. The van der Waals surface area contributed by atoms with E-state index in [-0.39, 0.29) is 5.91 Å². The number of carbonyl (C=O) groups is 1. The van der Waals surface area contributed by atoms with Gasteiger partial charge < -0.3 is 16.0 Å². The van der Waals surface area contributed by atoms with Gasteiger partial charge in [0.2, 0.25) is 5.91 Å². The SMILES string of the molecule is CN1CCCC(Nc2ccc(Br)cc2)(C(N)=O)C1. The first-order valence-corrected chi connectivity index (χ1v) is 6.83. The lowest BCUT2D eigenvalue weighted by molar-refractivity contribution is -0.123. The highest BCUT2D eigenvalue weighted by molar-refractivity contribution is 9.10. The molecule has 1 aromatic rings. The van der Waals surface area contributed by atoms with Crippen LogP contribution in [0.15, 0.2) is 28.7 Å². The minimum atomic E-state index is -0.652. The first-order chi connectivity index (χ1) is 8.52. The van der Waals surface area contributed by atoms with Crippen LogP contribution in [-0.2, 0) is 4.79 Å². The molecule has 0 saturated carbocycles. The van der Waals surface area contributed by atoms with Crippen molar-refractivity contribution in [2.45, 2.75) is 18.4 Å². The van der Waals surface area contributed by atoms with Crippen LogP contribution >= 0.6 is 15.9 Å². The highest BCUT2D eigenvalue weighted by atomic mass is 79.9. The Bertz CT molecular complexity index is 434. The number of rotatable bonds is 3. The number of hydrogen-bond donors (Lipinski definition) is 2. The third kappa shape index (κ3) is 2.84. The number of nitrogens with zero attached hydrogens (tertiary/aromatic N) is 1. The van der Waals surface area contributed by atoms with Crippen LogP contribution in [0.1, 0.15) is 12.8 Å². The maximum Gasteiger partial charge on any atom is 0.244 e. The molecule has 1 aromatic carbocycles. The van der Waals surface area contributed by atoms with Crippen molar-refractivity contribution in [3.05, 3.63) is 28.7 Å². The molecule has 4 nitrogen and oxygen atoms in total. The van der Waals surface area contributed by atoms with Crippen molar-refractivity contribution in [3.63, 3.8) is 0 Å². The van der Waals surface area contributed by atoms with Crippen molar-refractivity contribution in [1.82, 2.24) is 4.90 Å². The number of nitrogens with two attached hydrogens (primary N) is 1. The summed E-state index contributed by atoms with van der Waals surface area (Å²) in [6.45, 7) is 1.66. The summed E-state index contributed by atoms with van der Waals surface area (Å²) in [5, 5.41) is 3.31. The molecule has 2 rings (SSSR count). The molecule has 0 aliphatic carbocycles. The summed E-state index contributed by atoms with van der Waals surface area (Å²) in [6, 6.07) is 7.79. The summed E-state index contributed by atoms with van der Waals surface area (Å²) in [5.74, 6) is -0.281. The Balaban J connectivity index is 2.20. The molecule has 0 aromatic heterocycles. The smallest absolute Gasteiger partial charge is 0.244 e. The second-order valence-corrected chi connectivity index (χ2v) is 5.84. The van der Waals surface area contributed by atoms with Gasteiger partial charge in [0.25, 0.3) is 0 Å². The Kier molecular flexibility index (Phi) is 3.92. The maximum atomic E-state index is 11.8. The Morgan fingerprint density at radius 1 is 1.44 bits per heavy atom. The van der Waals surface area contributed by atoms with Crippen molar-refractivity contribution in [3.8, 4) is 0 Å². The Labute approximate surface area is 116 Å². The maximum absolute atomic E-state index is 11.8. The number of likely N-dealkylation sites (N-methyl/N-ethyl adjacent to an activating group) is 1. The van der Waals surface area contributed by atoms with E-state index in [2.05, 4.69) is 26.1 Å². The van der Waals surface area contributed by atoms with Gasteiger partial charge in [-0.05, 0) is 50.7 Å². The summed E-state index contributed by atoms with van der Waals surface area (Å²) in [7, 11) is 2.01. The van der Waals surface area contributed by atoms with E-state index < -0.39 is 5.54 Å². The van der Waals surface area contributed by atoms with Crippen molar-refractivity contribution in [2.75, 3.05) is 25.5 Å². The summed E-state index contributed by atoms with van der Waals surface area (Å²) < 4.78 is 1.02. The fourth-order valence-corrected chi connectivity index (χ4v) is 2.71. The summed E-state index contributed by atoms with van der Waals surface area (Å²) >= 11 is 3.39. The van der Waals surface area contributed by atoms with E-state index in [1.807, 2.05) is 31.3 Å². The highest BCUT2D eigenvalue weighted by Gasteiger charge is 2.39. The minimum Gasteiger partial charge on any atom is -0.370 e. The van der Waals surface area contributed by atoms with Gasteiger partial charge in [-0.2, -0.15) is 0 Å². The molecule has 0 bridgehead atoms. The van der Waals surface area contributed by atoms with Gasteiger partial charge in [0.05, 0.1) is 0 Å². The van der Waals surface area contributed by atoms with Crippen LogP contribution in [0.4, 0.5) is 5.69 Å². The molecule has 1 unspecified atom stereocenters. The van der Waals surface area contributed by atoms with Crippen LogP contribution in [0.5, 0.6) is 0 Å². The normalized spacial score (nSPS) is 24.8. The summed E-state index contributed by atoms with van der Waals surface area (Å²) in [5.41, 5.74) is 5.88. The number of nitrogens with one attached hydrogen (secondary N) is 1. The molecule has 1 heterocycles. The first kappa shape index (κ1) is 13.4. The average Bonchev–Trinajstić information content (AvgIpc) is 2.32. The number of halogens is 1. The molecule has 18 heavy (non-hydrogen) atoms. The number of hydrogen-bond acceptors (Lipinski definition) is 3. The van der Waals surface area contributed by atoms with Gasteiger partial charge in [-0.3, -0.25) is 4.79 Å². The third-order valence-corrected chi connectivity index (χ3v) is 3.91. The minimum absolute atomic E-state index is 0.281. The molecule has 98 valence electrons. The predicted molar refractivity (Wildman–Crippen MR) is 76.4 cm³/mol. The Morgan fingerprint density at radius 3 is 2.67 bits per heavy atom. The standard InChI is InChI=1S/C13H18BrN3O/c1-17-8-2-7-13(9-17,12(15)18)16-11-5-3-10(14)4-6-11/h3-6,16H,2,7-9H2,1H3,(H2,15,18). The molecule has 1 fully saturated rings. The van der Waals surface area contributed by atoms with Crippen molar-refractivity contribution < 1.29 is 4.79 Å². The molecular weight excluding hydrogens is 294 g/mol.